The van der Waals surface area contributed by atoms with Crippen LogP contribution < -0.4 is 0 Å². The van der Waals surface area contributed by atoms with E-state index in [2.05, 4.69) is 19.9 Å². The molecule has 15 heavy (non-hydrogen) atoms. The molecular weight excluding hydrogens is 220 g/mol. The van der Waals surface area contributed by atoms with Gasteiger partial charge in [-0.2, -0.15) is 0 Å². The van der Waals surface area contributed by atoms with Crippen molar-refractivity contribution in [1.82, 2.24) is 19.9 Å². The van der Waals surface area contributed by atoms with Crippen molar-refractivity contribution in [3.8, 4) is 0 Å². The van der Waals surface area contributed by atoms with E-state index in [1.165, 1.54) is 6.33 Å². The first-order valence-corrected chi connectivity index (χ1v) is 4.04. The number of rotatable bonds is 2. The maximum Gasteiger partial charge on any atom is 0.131 e. The van der Waals surface area contributed by atoms with E-state index in [0.29, 0.717) is 5.82 Å². The number of nitrogens with zero attached hydrogens (tertiary/aromatic N) is 2. The molecule has 0 aliphatic heterocycles. The van der Waals surface area contributed by atoms with E-state index in [9.17, 15) is 0 Å². The fourth-order valence-corrected chi connectivity index (χ4v) is 0.756. The first-order chi connectivity index (χ1) is 6.86. The van der Waals surface area contributed by atoms with Crippen LogP contribution in [0.2, 0.25) is 0 Å². The van der Waals surface area contributed by atoms with Gasteiger partial charge in [0.05, 0.1) is 24.8 Å². The quantitative estimate of drug-likeness (QED) is 0.596. The maximum atomic E-state index is 8.36. The van der Waals surface area contributed by atoms with E-state index in [1.807, 2.05) is 0 Å². The standard InChI is InChI=1S/2C4H6N2O.ClH/c7-2-4-1-5-3-6-4;7-3-4-5-1-2-6-4;/h1,3,7H,2H2,(H,5,6);1-2,7H,3H2,(H,5,6);1H. The van der Waals surface area contributed by atoms with Gasteiger partial charge >= 0.3 is 0 Å². The third kappa shape index (κ3) is 5.16. The average molecular weight is 233 g/mol. The van der Waals surface area contributed by atoms with Crippen molar-refractivity contribution in [2.24, 2.45) is 0 Å². The Morgan fingerprint density at radius 1 is 1.20 bits per heavy atom. The van der Waals surface area contributed by atoms with E-state index in [1.54, 1.807) is 18.6 Å². The minimum atomic E-state index is -0.00694. The van der Waals surface area contributed by atoms with Gasteiger partial charge in [0.15, 0.2) is 0 Å². The molecule has 0 spiro atoms. The van der Waals surface area contributed by atoms with Gasteiger partial charge in [0.25, 0.3) is 0 Å². The number of aromatic amines is 2. The zero-order chi connectivity index (χ0) is 10.2. The number of halogens is 1. The average Bonchev–Trinajstić information content (AvgIpc) is 2.92. The monoisotopic (exact) mass is 232 g/mol. The summed E-state index contributed by atoms with van der Waals surface area (Å²) >= 11 is 0. The van der Waals surface area contributed by atoms with Crippen LogP contribution in [-0.2, 0) is 13.2 Å². The van der Waals surface area contributed by atoms with Gasteiger partial charge in [-0.1, -0.05) is 0 Å². The Morgan fingerprint density at radius 2 is 2.00 bits per heavy atom. The van der Waals surface area contributed by atoms with Gasteiger partial charge in [0.1, 0.15) is 12.4 Å². The molecule has 0 aliphatic rings. The van der Waals surface area contributed by atoms with Gasteiger partial charge in [-0.25, -0.2) is 9.97 Å². The lowest BCUT2D eigenvalue weighted by Crippen LogP contribution is -1.82. The molecule has 0 saturated carbocycles. The minimum absolute atomic E-state index is 0. The Hall–Kier alpha value is -1.37. The molecule has 2 heterocycles. The fourth-order valence-electron chi connectivity index (χ4n) is 0.756. The van der Waals surface area contributed by atoms with Gasteiger partial charge in [0.2, 0.25) is 0 Å². The molecule has 0 unspecified atom stereocenters. The second-order valence-electron chi connectivity index (χ2n) is 2.43. The summed E-state index contributed by atoms with van der Waals surface area (Å²) in [5.41, 5.74) is 0.750. The molecule has 0 bridgehead atoms. The molecular formula is C8H13ClN4O2. The van der Waals surface area contributed by atoms with Gasteiger partial charge in [0, 0.05) is 12.4 Å². The molecule has 2 aromatic rings. The van der Waals surface area contributed by atoms with Crippen molar-refractivity contribution in [2.75, 3.05) is 0 Å². The van der Waals surface area contributed by atoms with Crippen LogP contribution in [0.15, 0.2) is 24.9 Å². The second-order valence-corrected chi connectivity index (χ2v) is 2.43. The highest BCUT2D eigenvalue weighted by atomic mass is 35.5. The molecule has 0 aromatic carbocycles. The number of aromatic nitrogens is 4. The Balaban J connectivity index is 0.000000245. The molecule has 0 atom stereocenters. The van der Waals surface area contributed by atoms with Crippen LogP contribution in [0.1, 0.15) is 11.5 Å². The molecule has 0 amide bonds. The van der Waals surface area contributed by atoms with E-state index in [-0.39, 0.29) is 25.6 Å². The third-order valence-electron chi connectivity index (χ3n) is 1.43. The van der Waals surface area contributed by atoms with Crippen LogP contribution >= 0.6 is 12.4 Å². The first kappa shape index (κ1) is 13.6. The van der Waals surface area contributed by atoms with Crippen LogP contribution in [0.4, 0.5) is 0 Å². The summed E-state index contributed by atoms with van der Waals surface area (Å²) < 4.78 is 0. The van der Waals surface area contributed by atoms with Crippen molar-refractivity contribution >= 4 is 12.4 Å². The summed E-state index contributed by atoms with van der Waals surface area (Å²) in [7, 11) is 0. The Kier molecular flexibility index (Phi) is 7.25. The zero-order valence-corrected chi connectivity index (χ0v) is 8.74. The Labute approximate surface area is 92.8 Å². The molecule has 7 heteroatoms. The fraction of sp³-hybridized carbons (Fsp3) is 0.250. The predicted octanol–water partition coefficient (Wildman–Crippen LogP) is 0.226. The van der Waals surface area contributed by atoms with Crippen molar-refractivity contribution in [1.29, 1.82) is 0 Å². The van der Waals surface area contributed by atoms with Crippen LogP contribution in [0.5, 0.6) is 0 Å². The lowest BCUT2D eigenvalue weighted by molar-refractivity contribution is 0.272. The maximum absolute atomic E-state index is 8.36. The Morgan fingerprint density at radius 3 is 2.27 bits per heavy atom. The van der Waals surface area contributed by atoms with Gasteiger partial charge in [-0.3, -0.25) is 0 Å². The number of nitrogens with one attached hydrogen (secondary N) is 2. The largest absolute Gasteiger partial charge is 0.390 e. The third-order valence-corrected chi connectivity index (χ3v) is 1.43. The lowest BCUT2D eigenvalue weighted by Gasteiger charge is -1.79. The highest BCUT2D eigenvalue weighted by molar-refractivity contribution is 5.85. The van der Waals surface area contributed by atoms with Gasteiger partial charge in [-0.15, -0.1) is 12.4 Å². The van der Waals surface area contributed by atoms with Crippen LogP contribution in [0.25, 0.3) is 0 Å². The number of aliphatic hydroxyl groups is 2. The highest BCUT2D eigenvalue weighted by Gasteiger charge is 1.84. The molecule has 6 nitrogen and oxygen atoms in total. The normalized spacial score (nSPS) is 8.67. The summed E-state index contributed by atoms with van der Waals surface area (Å²) in [4.78, 5) is 12.9. The van der Waals surface area contributed by atoms with E-state index < -0.39 is 0 Å². The van der Waals surface area contributed by atoms with E-state index in [0.717, 1.165) is 5.69 Å². The first-order valence-electron chi connectivity index (χ1n) is 4.04. The molecule has 0 saturated heterocycles. The predicted molar refractivity (Wildman–Crippen MR) is 56.3 cm³/mol. The minimum Gasteiger partial charge on any atom is -0.390 e. The number of aliphatic hydroxyl groups excluding tert-OH is 2. The molecule has 0 radical (unpaired) electrons. The van der Waals surface area contributed by atoms with Crippen LogP contribution in [0.3, 0.4) is 0 Å². The number of hydrogen-bond acceptors (Lipinski definition) is 4. The van der Waals surface area contributed by atoms with Crippen molar-refractivity contribution in [3.05, 3.63) is 36.4 Å². The number of H-pyrrole nitrogens is 2. The van der Waals surface area contributed by atoms with Crippen LogP contribution in [-0.4, -0.2) is 30.1 Å². The zero-order valence-electron chi connectivity index (χ0n) is 7.92. The molecule has 4 N–H and O–H groups in total. The van der Waals surface area contributed by atoms with Crippen molar-refractivity contribution in [2.45, 2.75) is 13.2 Å². The van der Waals surface area contributed by atoms with Crippen molar-refractivity contribution in [3.63, 3.8) is 0 Å². The lowest BCUT2D eigenvalue weighted by atomic mass is 10.5. The Bertz CT molecular complexity index is 288. The van der Waals surface area contributed by atoms with E-state index in [4.69, 9.17) is 10.2 Å². The summed E-state index contributed by atoms with van der Waals surface area (Å²) in [6.45, 7) is 0.0347. The SMILES string of the molecule is Cl.OCc1cnc[nH]1.OCc1ncc[nH]1. The second kappa shape index (κ2) is 7.98. The summed E-state index contributed by atoms with van der Waals surface area (Å²) in [6, 6.07) is 0. The summed E-state index contributed by atoms with van der Waals surface area (Å²) in [5, 5.41) is 16.7. The summed E-state index contributed by atoms with van der Waals surface area (Å²) in [5.74, 6) is 0.611. The summed E-state index contributed by atoms with van der Waals surface area (Å²) in [6.07, 6.45) is 6.39. The topological polar surface area (TPSA) is 97.8 Å². The smallest absolute Gasteiger partial charge is 0.131 e. The molecule has 2 rings (SSSR count). The van der Waals surface area contributed by atoms with Crippen LogP contribution in [0, 0.1) is 0 Å². The highest BCUT2D eigenvalue weighted by Crippen LogP contribution is 1.86. The van der Waals surface area contributed by atoms with Gasteiger partial charge in [-0.05, 0) is 0 Å². The molecule has 2 aromatic heterocycles. The van der Waals surface area contributed by atoms with E-state index >= 15 is 0 Å². The number of hydrogen-bond donors (Lipinski definition) is 4. The molecule has 84 valence electrons. The molecule has 0 fully saturated rings. The number of imidazole rings is 2. The van der Waals surface area contributed by atoms with Gasteiger partial charge < -0.3 is 20.2 Å². The van der Waals surface area contributed by atoms with Crippen molar-refractivity contribution < 1.29 is 10.2 Å². The molecule has 0 aliphatic carbocycles.